The van der Waals surface area contributed by atoms with Crippen LogP contribution in [0.5, 0.6) is 0 Å². The van der Waals surface area contributed by atoms with Crippen molar-refractivity contribution in [2.45, 2.75) is 25.3 Å². The highest BCUT2D eigenvalue weighted by molar-refractivity contribution is 7.91. The molecule has 2 aliphatic rings. The fraction of sp³-hybridized carbons (Fsp3) is 0.727. The van der Waals surface area contributed by atoms with Crippen LogP contribution in [0.1, 0.15) is 30.3 Å². The molecular formula is C11H17N3O2S. The number of H-pyrrole nitrogens is 1. The van der Waals surface area contributed by atoms with Crippen molar-refractivity contribution in [3.63, 3.8) is 0 Å². The van der Waals surface area contributed by atoms with Gasteiger partial charge >= 0.3 is 0 Å². The second kappa shape index (κ2) is 4.10. The van der Waals surface area contributed by atoms with E-state index in [9.17, 15) is 8.42 Å². The normalized spacial score (nSPS) is 28.8. The van der Waals surface area contributed by atoms with Gasteiger partial charge in [-0.1, -0.05) is 0 Å². The smallest absolute Gasteiger partial charge is 0.150 e. The molecule has 6 heteroatoms. The molecule has 1 unspecified atom stereocenters. The summed E-state index contributed by atoms with van der Waals surface area (Å²) < 4.78 is 22.9. The van der Waals surface area contributed by atoms with E-state index in [-0.39, 0.29) is 6.04 Å². The Morgan fingerprint density at radius 3 is 2.82 bits per heavy atom. The molecule has 1 aromatic heterocycles. The van der Waals surface area contributed by atoms with Crippen molar-refractivity contribution < 1.29 is 8.42 Å². The number of fused-ring (bicyclic) bond motifs is 1. The molecule has 1 fully saturated rings. The fourth-order valence-electron chi connectivity index (χ4n) is 2.88. The zero-order chi connectivity index (χ0) is 11.9. The van der Waals surface area contributed by atoms with Gasteiger partial charge in [-0.05, 0) is 18.8 Å². The van der Waals surface area contributed by atoms with E-state index < -0.39 is 9.84 Å². The zero-order valence-corrected chi connectivity index (χ0v) is 10.5. The summed E-state index contributed by atoms with van der Waals surface area (Å²) >= 11 is 0. The van der Waals surface area contributed by atoms with Crippen LogP contribution >= 0.6 is 0 Å². The Labute approximate surface area is 101 Å². The standard InChI is InChI=1S/C11H17N3O2S/c15-17(16)5-2-8(3-6-17)10-11-9(1-4-12-10)13-7-14-11/h7-8,10,12H,1-6H2,(H,13,14). The fourth-order valence-corrected chi connectivity index (χ4v) is 4.41. The molecule has 94 valence electrons. The minimum Gasteiger partial charge on any atom is -0.348 e. The Kier molecular flexibility index (Phi) is 2.71. The summed E-state index contributed by atoms with van der Waals surface area (Å²) in [6.45, 7) is 0.948. The molecule has 1 saturated heterocycles. The van der Waals surface area contributed by atoms with Gasteiger partial charge in [0.15, 0.2) is 0 Å². The van der Waals surface area contributed by atoms with Gasteiger partial charge in [-0.25, -0.2) is 13.4 Å². The van der Waals surface area contributed by atoms with Crippen molar-refractivity contribution in [1.82, 2.24) is 15.3 Å². The van der Waals surface area contributed by atoms with Crippen LogP contribution in [0.2, 0.25) is 0 Å². The second-order valence-corrected chi connectivity index (χ2v) is 7.24. The first kappa shape index (κ1) is 11.2. The number of imidazole rings is 1. The first-order chi connectivity index (χ1) is 8.16. The van der Waals surface area contributed by atoms with E-state index in [1.807, 2.05) is 0 Å². The lowest BCUT2D eigenvalue weighted by atomic mass is 9.88. The van der Waals surface area contributed by atoms with Gasteiger partial charge in [0.1, 0.15) is 9.84 Å². The molecular weight excluding hydrogens is 238 g/mol. The van der Waals surface area contributed by atoms with Crippen LogP contribution in [-0.4, -0.2) is 36.4 Å². The molecule has 3 heterocycles. The molecule has 17 heavy (non-hydrogen) atoms. The van der Waals surface area contributed by atoms with Crippen LogP contribution in [0.3, 0.4) is 0 Å². The van der Waals surface area contributed by atoms with E-state index in [0.717, 1.165) is 31.5 Å². The van der Waals surface area contributed by atoms with Crippen molar-refractivity contribution >= 4 is 9.84 Å². The van der Waals surface area contributed by atoms with Gasteiger partial charge < -0.3 is 10.3 Å². The van der Waals surface area contributed by atoms with Crippen molar-refractivity contribution in [3.8, 4) is 0 Å². The lowest BCUT2D eigenvalue weighted by molar-refractivity contribution is 0.317. The number of rotatable bonds is 1. The van der Waals surface area contributed by atoms with Gasteiger partial charge in [-0.3, -0.25) is 0 Å². The van der Waals surface area contributed by atoms with Gasteiger partial charge in [0.05, 0.1) is 29.6 Å². The Hall–Kier alpha value is -0.880. The van der Waals surface area contributed by atoms with Crippen molar-refractivity contribution in [2.24, 2.45) is 5.92 Å². The summed E-state index contributed by atoms with van der Waals surface area (Å²) in [5, 5.41) is 3.48. The van der Waals surface area contributed by atoms with Crippen molar-refractivity contribution in [2.75, 3.05) is 18.1 Å². The summed E-state index contributed by atoms with van der Waals surface area (Å²) in [5.74, 6) is 1.06. The number of aromatic nitrogens is 2. The highest BCUT2D eigenvalue weighted by atomic mass is 32.2. The van der Waals surface area contributed by atoms with Gasteiger partial charge in [-0.15, -0.1) is 0 Å². The molecule has 0 aliphatic carbocycles. The van der Waals surface area contributed by atoms with Crippen LogP contribution in [-0.2, 0) is 16.3 Å². The molecule has 0 radical (unpaired) electrons. The maximum absolute atomic E-state index is 11.4. The third kappa shape index (κ3) is 2.11. The number of nitrogens with one attached hydrogen (secondary N) is 2. The number of hydrogen-bond acceptors (Lipinski definition) is 4. The van der Waals surface area contributed by atoms with Gasteiger partial charge in [-0.2, -0.15) is 0 Å². The van der Waals surface area contributed by atoms with E-state index in [2.05, 4.69) is 15.3 Å². The summed E-state index contributed by atoms with van der Waals surface area (Å²) in [4.78, 5) is 7.56. The third-order valence-electron chi connectivity index (χ3n) is 3.86. The van der Waals surface area contributed by atoms with E-state index in [0.29, 0.717) is 17.4 Å². The molecule has 0 bridgehead atoms. The van der Waals surface area contributed by atoms with Crippen LogP contribution in [0.15, 0.2) is 6.33 Å². The average Bonchev–Trinajstić information content (AvgIpc) is 2.77. The highest BCUT2D eigenvalue weighted by Crippen LogP contribution is 2.33. The predicted octanol–water partition coefficient (Wildman–Crippen LogP) is 0.421. The minimum atomic E-state index is -2.77. The maximum Gasteiger partial charge on any atom is 0.150 e. The molecule has 0 spiro atoms. The molecule has 2 aliphatic heterocycles. The van der Waals surface area contributed by atoms with Crippen LogP contribution in [0, 0.1) is 5.92 Å². The molecule has 1 atom stereocenters. The van der Waals surface area contributed by atoms with E-state index >= 15 is 0 Å². The summed E-state index contributed by atoms with van der Waals surface area (Å²) in [5.41, 5.74) is 2.31. The molecule has 0 saturated carbocycles. The van der Waals surface area contributed by atoms with Gasteiger partial charge in [0.25, 0.3) is 0 Å². The Morgan fingerprint density at radius 1 is 1.29 bits per heavy atom. The Morgan fingerprint density at radius 2 is 2.06 bits per heavy atom. The topological polar surface area (TPSA) is 74.8 Å². The predicted molar refractivity (Wildman–Crippen MR) is 64.4 cm³/mol. The lowest BCUT2D eigenvalue weighted by Crippen LogP contribution is -2.38. The number of aromatic amines is 1. The number of nitrogens with zero attached hydrogens (tertiary/aromatic N) is 1. The van der Waals surface area contributed by atoms with Crippen molar-refractivity contribution in [3.05, 3.63) is 17.7 Å². The number of sulfone groups is 1. The van der Waals surface area contributed by atoms with Crippen molar-refractivity contribution in [1.29, 1.82) is 0 Å². The Bertz CT molecular complexity index is 495. The van der Waals surface area contributed by atoms with E-state index in [4.69, 9.17) is 0 Å². The molecule has 3 rings (SSSR count). The maximum atomic E-state index is 11.4. The largest absolute Gasteiger partial charge is 0.348 e. The quantitative estimate of drug-likeness (QED) is 0.762. The second-order valence-electron chi connectivity index (χ2n) is 4.94. The van der Waals surface area contributed by atoms with Crippen LogP contribution < -0.4 is 5.32 Å². The SMILES string of the molecule is O=S1(=O)CCC(C2NCCc3[nH]cnc32)CC1. The first-order valence-electron chi connectivity index (χ1n) is 6.12. The van der Waals surface area contributed by atoms with Gasteiger partial charge in [0, 0.05) is 18.7 Å². The lowest BCUT2D eigenvalue weighted by Gasteiger charge is -2.32. The molecule has 1 aromatic rings. The minimum absolute atomic E-state index is 0.237. The molecule has 2 N–H and O–H groups in total. The first-order valence-corrected chi connectivity index (χ1v) is 7.94. The summed E-state index contributed by atoms with van der Waals surface area (Å²) in [7, 11) is -2.77. The van der Waals surface area contributed by atoms with Crippen LogP contribution in [0.25, 0.3) is 0 Å². The van der Waals surface area contributed by atoms with Gasteiger partial charge in [0.2, 0.25) is 0 Å². The van der Waals surface area contributed by atoms with Crippen LogP contribution in [0.4, 0.5) is 0 Å². The number of hydrogen-bond donors (Lipinski definition) is 2. The molecule has 0 aromatic carbocycles. The van der Waals surface area contributed by atoms with E-state index in [1.165, 1.54) is 5.69 Å². The average molecular weight is 255 g/mol. The summed E-state index contributed by atoms with van der Waals surface area (Å²) in [6.07, 6.45) is 4.24. The molecule has 5 nitrogen and oxygen atoms in total. The highest BCUT2D eigenvalue weighted by Gasteiger charge is 2.33. The van der Waals surface area contributed by atoms with E-state index in [1.54, 1.807) is 6.33 Å². The summed E-state index contributed by atoms with van der Waals surface area (Å²) in [6, 6.07) is 0.237. The molecule has 0 amide bonds. The monoisotopic (exact) mass is 255 g/mol. The third-order valence-corrected chi connectivity index (χ3v) is 5.57. The Balaban J connectivity index is 1.79. The zero-order valence-electron chi connectivity index (χ0n) is 9.65.